The van der Waals surface area contributed by atoms with Crippen molar-refractivity contribution in [3.63, 3.8) is 0 Å². The summed E-state index contributed by atoms with van der Waals surface area (Å²) in [5.74, 6) is 0. The molecule has 158 valence electrons. The number of nitrogens with two attached hydrogens (primary N) is 2. The molecule has 0 aromatic heterocycles. The van der Waals surface area contributed by atoms with Crippen molar-refractivity contribution in [3.05, 3.63) is 0 Å². The van der Waals surface area contributed by atoms with Crippen molar-refractivity contribution in [1.29, 1.82) is 0 Å². The van der Waals surface area contributed by atoms with Crippen LogP contribution in [0.1, 0.15) is 142 Å². The lowest BCUT2D eigenvalue weighted by molar-refractivity contribution is 0.485. The van der Waals surface area contributed by atoms with Crippen LogP contribution in [0.15, 0.2) is 0 Å². The van der Waals surface area contributed by atoms with E-state index in [4.69, 9.17) is 11.5 Å². The first kappa shape index (κ1) is 25.9. The lowest BCUT2D eigenvalue weighted by Gasteiger charge is -2.11. The minimum absolute atomic E-state index is 0.430. The van der Waals surface area contributed by atoms with Crippen LogP contribution in [-0.4, -0.2) is 12.6 Å². The van der Waals surface area contributed by atoms with E-state index < -0.39 is 0 Å². The molecule has 0 saturated carbocycles. The van der Waals surface area contributed by atoms with Crippen LogP contribution in [0.4, 0.5) is 0 Å². The lowest BCUT2D eigenvalue weighted by atomic mass is 10.0. The van der Waals surface area contributed by atoms with Gasteiger partial charge in [0.2, 0.25) is 0 Å². The number of rotatable bonds is 22. The third-order valence-electron chi connectivity index (χ3n) is 5.71. The van der Waals surface area contributed by atoms with Crippen molar-refractivity contribution >= 4 is 0 Å². The highest BCUT2D eigenvalue weighted by Crippen LogP contribution is 2.15. The standard InChI is InChI=1S/C24H52N2/c1-2-3-4-5-6-7-8-9-10-11-12-13-14-15-16-18-21-24(26)22-19-17-20-23-25/h24H,2-23,25-26H2,1H3. The Morgan fingerprint density at radius 1 is 0.462 bits per heavy atom. The maximum atomic E-state index is 6.19. The highest BCUT2D eigenvalue weighted by atomic mass is 14.6. The average molecular weight is 369 g/mol. The molecule has 4 N–H and O–H groups in total. The Morgan fingerprint density at radius 3 is 1.12 bits per heavy atom. The third kappa shape index (κ3) is 22.0. The van der Waals surface area contributed by atoms with Crippen LogP contribution in [-0.2, 0) is 0 Å². The maximum absolute atomic E-state index is 6.19. The van der Waals surface area contributed by atoms with Gasteiger partial charge in [-0.25, -0.2) is 0 Å². The van der Waals surface area contributed by atoms with Crippen molar-refractivity contribution in [2.45, 2.75) is 148 Å². The van der Waals surface area contributed by atoms with Gasteiger partial charge < -0.3 is 11.5 Å². The van der Waals surface area contributed by atoms with E-state index in [1.807, 2.05) is 0 Å². The molecule has 0 bridgehead atoms. The van der Waals surface area contributed by atoms with Gasteiger partial charge in [0.05, 0.1) is 0 Å². The minimum atomic E-state index is 0.430. The molecule has 0 aliphatic heterocycles. The summed E-state index contributed by atoms with van der Waals surface area (Å²) in [5, 5.41) is 0. The highest BCUT2D eigenvalue weighted by Gasteiger charge is 2.02. The maximum Gasteiger partial charge on any atom is 0.00388 e. The van der Waals surface area contributed by atoms with E-state index in [1.54, 1.807) is 0 Å². The molecule has 0 amide bonds. The van der Waals surface area contributed by atoms with E-state index in [0.717, 1.165) is 13.0 Å². The molecule has 0 radical (unpaired) electrons. The summed E-state index contributed by atoms with van der Waals surface area (Å²) in [6.07, 6.45) is 29.1. The third-order valence-corrected chi connectivity index (χ3v) is 5.71. The molecule has 1 unspecified atom stereocenters. The number of hydrogen-bond acceptors (Lipinski definition) is 2. The SMILES string of the molecule is CCCCCCCCCCCCCCCCCCC(N)CCCCCN. The molecule has 26 heavy (non-hydrogen) atoms. The van der Waals surface area contributed by atoms with Crippen LogP contribution in [0.3, 0.4) is 0 Å². The van der Waals surface area contributed by atoms with Gasteiger partial charge in [-0.2, -0.15) is 0 Å². The van der Waals surface area contributed by atoms with Crippen molar-refractivity contribution in [2.24, 2.45) is 11.5 Å². The van der Waals surface area contributed by atoms with Gasteiger partial charge in [-0.15, -0.1) is 0 Å². The first-order valence-electron chi connectivity index (χ1n) is 12.3. The Morgan fingerprint density at radius 2 is 0.769 bits per heavy atom. The topological polar surface area (TPSA) is 52.0 Å². The van der Waals surface area contributed by atoms with Crippen LogP contribution < -0.4 is 11.5 Å². The van der Waals surface area contributed by atoms with E-state index in [9.17, 15) is 0 Å². The molecular weight excluding hydrogens is 316 g/mol. The van der Waals surface area contributed by atoms with Gasteiger partial charge in [0.1, 0.15) is 0 Å². The van der Waals surface area contributed by atoms with Gasteiger partial charge in [0.15, 0.2) is 0 Å². The Labute approximate surface area is 166 Å². The first-order valence-corrected chi connectivity index (χ1v) is 12.3. The van der Waals surface area contributed by atoms with Crippen molar-refractivity contribution in [1.82, 2.24) is 0 Å². The Bertz CT molecular complexity index is 242. The van der Waals surface area contributed by atoms with E-state index in [1.165, 1.54) is 128 Å². The predicted molar refractivity (Wildman–Crippen MR) is 120 cm³/mol. The predicted octanol–water partition coefficient (Wildman–Crippen LogP) is 7.48. The summed E-state index contributed by atoms with van der Waals surface area (Å²) >= 11 is 0. The fraction of sp³-hybridized carbons (Fsp3) is 1.00. The van der Waals surface area contributed by atoms with E-state index in [2.05, 4.69) is 6.92 Å². The second-order valence-electron chi connectivity index (χ2n) is 8.49. The Balaban J connectivity index is 3.06. The fourth-order valence-corrected chi connectivity index (χ4v) is 3.83. The molecule has 0 spiro atoms. The monoisotopic (exact) mass is 368 g/mol. The van der Waals surface area contributed by atoms with E-state index >= 15 is 0 Å². The first-order chi connectivity index (χ1) is 12.8. The molecule has 1 atom stereocenters. The minimum Gasteiger partial charge on any atom is -0.330 e. The molecular formula is C24H52N2. The fourth-order valence-electron chi connectivity index (χ4n) is 3.83. The molecule has 2 nitrogen and oxygen atoms in total. The van der Waals surface area contributed by atoms with Crippen molar-refractivity contribution in [3.8, 4) is 0 Å². The molecule has 0 saturated heterocycles. The largest absolute Gasteiger partial charge is 0.330 e. The molecule has 0 heterocycles. The smallest absolute Gasteiger partial charge is 0.00388 e. The van der Waals surface area contributed by atoms with Gasteiger partial charge in [0.25, 0.3) is 0 Å². The summed E-state index contributed by atoms with van der Waals surface area (Å²) in [7, 11) is 0. The zero-order valence-corrected chi connectivity index (χ0v) is 18.3. The van der Waals surface area contributed by atoms with Gasteiger partial charge in [0, 0.05) is 6.04 Å². The van der Waals surface area contributed by atoms with Crippen LogP contribution in [0, 0.1) is 0 Å². The summed E-state index contributed by atoms with van der Waals surface area (Å²) in [6.45, 7) is 3.12. The molecule has 2 heteroatoms. The zero-order chi connectivity index (χ0) is 19.1. The molecule has 0 fully saturated rings. The van der Waals surface area contributed by atoms with E-state index in [0.29, 0.717) is 6.04 Å². The summed E-state index contributed by atoms with van der Waals surface area (Å²) in [4.78, 5) is 0. The van der Waals surface area contributed by atoms with Crippen LogP contribution in [0.2, 0.25) is 0 Å². The second kappa shape index (κ2) is 23.0. The summed E-state index contributed by atoms with van der Waals surface area (Å²) in [6, 6.07) is 0.430. The van der Waals surface area contributed by atoms with Crippen molar-refractivity contribution in [2.75, 3.05) is 6.54 Å². The molecule has 0 rings (SSSR count). The molecule has 0 aliphatic carbocycles. The Kier molecular flexibility index (Phi) is 22.9. The van der Waals surface area contributed by atoms with Crippen molar-refractivity contribution < 1.29 is 0 Å². The molecule has 0 aliphatic rings. The van der Waals surface area contributed by atoms with Crippen LogP contribution >= 0.6 is 0 Å². The van der Waals surface area contributed by atoms with Gasteiger partial charge >= 0.3 is 0 Å². The van der Waals surface area contributed by atoms with Gasteiger partial charge in [-0.05, 0) is 25.8 Å². The van der Waals surface area contributed by atoms with Crippen LogP contribution in [0.5, 0.6) is 0 Å². The highest BCUT2D eigenvalue weighted by molar-refractivity contribution is 4.62. The van der Waals surface area contributed by atoms with Crippen LogP contribution in [0.25, 0.3) is 0 Å². The average Bonchev–Trinajstić information content (AvgIpc) is 2.65. The molecule has 0 aromatic carbocycles. The lowest BCUT2D eigenvalue weighted by Crippen LogP contribution is -2.19. The summed E-state index contributed by atoms with van der Waals surface area (Å²) in [5.41, 5.74) is 11.7. The number of unbranched alkanes of at least 4 members (excludes halogenated alkanes) is 17. The number of hydrogen-bond donors (Lipinski definition) is 2. The second-order valence-corrected chi connectivity index (χ2v) is 8.49. The zero-order valence-electron chi connectivity index (χ0n) is 18.3. The normalized spacial score (nSPS) is 12.6. The van der Waals surface area contributed by atoms with Gasteiger partial charge in [-0.3, -0.25) is 0 Å². The Hall–Kier alpha value is -0.0800. The van der Waals surface area contributed by atoms with Gasteiger partial charge in [-0.1, -0.05) is 122 Å². The van der Waals surface area contributed by atoms with E-state index in [-0.39, 0.29) is 0 Å². The quantitative estimate of drug-likeness (QED) is 0.194. The summed E-state index contributed by atoms with van der Waals surface area (Å²) < 4.78 is 0. The molecule has 0 aromatic rings.